The van der Waals surface area contributed by atoms with Gasteiger partial charge in [0.1, 0.15) is 0 Å². The molecule has 0 aromatic carbocycles. The van der Waals surface area contributed by atoms with Crippen molar-refractivity contribution >= 4 is 5.91 Å². The summed E-state index contributed by atoms with van der Waals surface area (Å²) < 4.78 is 0. The lowest BCUT2D eigenvalue weighted by Gasteiger charge is -2.29. The average Bonchev–Trinajstić information content (AvgIpc) is 2.21. The van der Waals surface area contributed by atoms with Crippen LogP contribution in [-0.2, 0) is 4.79 Å². The maximum absolute atomic E-state index is 11.2. The summed E-state index contributed by atoms with van der Waals surface area (Å²) in [6.07, 6.45) is 3.74. The van der Waals surface area contributed by atoms with E-state index in [0.717, 1.165) is 45.4 Å². The van der Waals surface area contributed by atoms with Gasteiger partial charge in [0.05, 0.1) is 0 Å². The fourth-order valence-electron chi connectivity index (χ4n) is 1.85. The number of nitrogens with two attached hydrogens (primary N) is 1. The molecule has 0 saturated carbocycles. The topological polar surface area (TPSA) is 58.4 Å². The molecule has 1 aliphatic heterocycles. The van der Waals surface area contributed by atoms with Gasteiger partial charge in [-0.25, -0.2) is 0 Å². The number of nitrogens with one attached hydrogen (secondary N) is 1. The predicted octanol–water partition coefficient (Wildman–Crippen LogP) is 0.326. The predicted molar refractivity (Wildman–Crippen MR) is 61.6 cm³/mol. The van der Waals surface area contributed by atoms with Crippen molar-refractivity contribution in [3.63, 3.8) is 0 Å². The molecular weight excluding hydrogens is 190 g/mol. The van der Waals surface area contributed by atoms with Crippen LogP contribution >= 0.6 is 0 Å². The van der Waals surface area contributed by atoms with Crippen LogP contribution < -0.4 is 11.1 Å². The molecular formula is C11H23N3O. The minimum absolute atomic E-state index is 0.172. The molecule has 1 saturated heterocycles. The van der Waals surface area contributed by atoms with Gasteiger partial charge in [0.25, 0.3) is 0 Å². The highest BCUT2D eigenvalue weighted by Gasteiger charge is 2.15. The Bertz CT molecular complexity index is 188. The largest absolute Gasteiger partial charge is 0.355 e. The van der Waals surface area contributed by atoms with Gasteiger partial charge in [0.2, 0.25) is 5.91 Å². The summed E-state index contributed by atoms with van der Waals surface area (Å²) in [4.78, 5) is 13.6. The highest BCUT2D eigenvalue weighted by Crippen LogP contribution is 2.06. The third-order valence-corrected chi connectivity index (χ3v) is 2.86. The number of hydrogen-bond acceptors (Lipinski definition) is 3. The van der Waals surface area contributed by atoms with E-state index in [1.807, 2.05) is 6.92 Å². The monoisotopic (exact) mass is 213 g/mol. The summed E-state index contributed by atoms with van der Waals surface area (Å²) in [6.45, 7) is 5.90. The third kappa shape index (κ3) is 5.14. The number of piperidine rings is 1. The van der Waals surface area contributed by atoms with Crippen LogP contribution in [0.15, 0.2) is 0 Å². The molecule has 1 amide bonds. The second-order valence-electron chi connectivity index (χ2n) is 4.28. The molecule has 0 radical (unpaired) electrons. The molecule has 0 spiro atoms. The first kappa shape index (κ1) is 12.5. The third-order valence-electron chi connectivity index (χ3n) is 2.86. The number of likely N-dealkylation sites (tertiary alicyclic amines) is 1. The van der Waals surface area contributed by atoms with E-state index in [9.17, 15) is 4.79 Å². The van der Waals surface area contributed by atoms with Crippen molar-refractivity contribution < 1.29 is 4.79 Å². The minimum atomic E-state index is 0.172. The van der Waals surface area contributed by atoms with Gasteiger partial charge < -0.3 is 16.0 Å². The zero-order valence-corrected chi connectivity index (χ0v) is 9.67. The highest BCUT2D eigenvalue weighted by atomic mass is 16.1. The molecule has 4 nitrogen and oxygen atoms in total. The van der Waals surface area contributed by atoms with E-state index in [2.05, 4.69) is 10.2 Å². The van der Waals surface area contributed by atoms with Gasteiger partial charge in [-0.15, -0.1) is 0 Å². The first-order valence-corrected chi connectivity index (χ1v) is 5.97. The van der Waals surface area contributed by atoms with Gasteiger partial charge >= 0.3 is 0 Å². The molecule has 1 heterocycles. The minimum Gasteiger partial charge on any atom is -0.355 e. The Morgan fingerprint density at radius 1 is 1.47 bits per heavy atom. The zero-order valence-electron chi connectivity index (χ0n) is 9.67. The summed E-state index contributed by atoms with van der Waals surface area (Å²) in [5.41, 5.74) is 5.82. The highest BCUT2D eigenvalue weighted by molar-refractivity contribution is 5.75. The summed E-state index contributed by atoms with van der Waals surface area (Å²) in [5.74, 6) is 0.172. The van der Waals surface area contributed by atoms with Crippen molar-refractivity contribution in [1.82, 2.24) is 10.2 Å². The molecule has 0 atom stereocenters. The molecule has 15 heavy (non-hydrogen) atoms. The lowest BCUT2D eigenvalue weighted by Crippen LogP contribution is -2.43. The zero-order chi connectivity index (χ0) is 11.1. The van der Waals surface area contributed by atoms with Gasteiger partial charge in [-0.1, -0.05) is 6.92 Å². The molecule has 88 valence electrons. The molecule has 1 rings (SSSR count). The molecule has 0 unspecified atom stereocenters. The number of carbonyl (C=O) groups is 1. The van der Waals surface area contributed by atoms with Crippen molar-refractivity contribution in [2.75, 3.05) is 26.2 Å². The molecule has 4 heteroatoms. The van der Waals surface area contributed by atoms with Crippen LogP contribution in [0, 0.1) is 0 Å². The molecule has 3 N–H and O–H groups in total. The molecule has 1 aliphatic rings. The summed E-state index contributed by atoms with van der Waals surface area (Å²) in [5, 5.41) is 2.93. The molecule has 0 aromatic rings. The fourth-order valence-corrected chi connectivity index (χ4v) is 1.85. The van der Waals surface area contributed by atoms with Crippen LogP contribution in [0.4, 0.5) is 0 Å². The van der Waals surface area contributed by atoms with Crippen molar-refractivity contribution in [3.05, 3.63) is 0 Å². The Kier molecular flexibility index (Phi) is 5.65. The van der Waals surface area contributed by atoms with Crippen molar-refractivity contribution in [1.29, 1.82) is 0 Å². The Morgan fingerprint density at radius 2 is 2.13 bits per heavy atom. The van der Waals surface area contributed by atoms with E-state index >= 15 is 0 Å². The Hall–Kier alpha value is -0.610. The van der Waals surface area contributed by atoms with Gasteiger partial charge in [0, 0.05) is 25.6 Å². The van der Waals surface area contributed by atoms with Crippen LogP contribution in [0.1, 0.15) is 32.6 Å². The van der Waals surface area contributed by atoms with E-state index in [0.29, 0.717) is 12.5 Å². The quantitative estimate of drug-likeness (QED) is 0.692. The van der Waals surface area contributed by atoms with Gasteiger partial charge in [-0.05, 0) is 32.4 Å². The van der Waals surface area contributed by atoms with E-state index < -0.39 is 0 Å². The second kappa shape index (κ2) is 6.80. The smallest absolute Gasteiger partial charge is 0.220 e. The van der Waals surface area contributed by atoms with Crippen molar-refractivity contribution in [2.24, 2.45) is 5.73 Å². The van der Waals surface area contributed by atoms with E-state index in [4.69, 9.17) is 5.73 Å². The SMILES string of the molecule is CCCC(=O)NCCN1CCC(N)CC1. The van der Waals surface area contributed by atoms with Crippen molar-refractivity contribution in [2.45, 2.75) is 38.6 Å². The van der Waals surface area contributed by atoms with Gasteiger partial charge in [-0.2, -0.15) is 0 Å². The van der Waals surface area contributed by atoms with E-state index in [1.54, 1.807) is 0 Å². The fraction of sp³-hybridized carbons (Fsp3) is 0.909. The second-order valence-corrected chi connectivity index (χ2v) is 4.28. The van der Waals surface area contributed by atoms with Crippen LogP contribution in [0.25, 0.3) is 0 Å². The normalized spacial score (nSPS) is 19.1. The number of hydrogen-bond donors (Lipinski definition) is 2. The Labute approximate surface area is 92.2 Å². The van der Waals surface area contributed by atoms with E-state index in [1.165, 1.54) is 0 Å². The summed E-state index contributed by atoms with van der Waals surface area (Å²) in [6, 6.07) is 0.385. The summed E-state index contributed by atoms with van der Waals surface area (Å²) in [7, 11) is 0. The lowest BCUT2D eigenvalue weighted by molar-refractivity contribution is -0.121. The van der Waals surface area contributed by atoms with Crippen LogP contribution in [0.3, 0.4) is 0 Å². The average molecular weight is 213 g/mol. The lowest BCUT2D eigenvalue weighted by atomic mass is 10.1. The van der Waals surface area contributed by atoms with Crippen LogP contribution in [-0.4, -0.2) is 43.0 Å². The first-order chi connectivity index (χ1) is 7.22. The Balaban J connectivity index is 2.02. The number of rotatable bonds is 5. The Morgan fingerprint density at radius 3 is 2.73 bits per heavy atom. The molecule has 0 aliphatic carbocycles. The first-order valence-electron chi connectivity index (χ1n) is 5.97. The molecule has 0 aromatic heterocycles. The van der Waals surface area contributed by atoms with Gasteiger partial charge in [-0.3, -0.25) is 4.79 Å². The van der Waals surface area contributed by atoms with E-state index in [-0.39, 0.29) is 5.91 Å². The maximum Gasteiger partial charge on any atom is 0.220 e. The van der Waals surface area contributed by atoms with Crippen LogP contribution in [0.5, 0.6) is 0 Å². The van der Waals surface area contributed by atoms with Crippen LogP contribution in [0.2, 0.25) is 0 Å². The molecule has 0 bridgehead atoms. The maximum atomic E-state index is 11.2. The van der Waals surface area contributed by atoms with Crippen molar-refractivity contribution in [3.8, 4) is 0 Å². The standard InChI is InChI=1S/C11H23N3O/c1-2-3-11(15)13-6-9-14-7-4-10(12)5-8-14/h10H,2-9,12H2,1H3,(H,13,15). The number of nitrogens with zero attached hydrogens (tertiary/aromatic N) is 1. The number of amides is 1. The van der Waals surface area contributed by atoms with Gasteiger partial charge in [0.15, 0.2) is 0 Å². The number of carbonyl (C=O) groups excluding carboxylic acids is 1. The molecule has 1 fully saturated rings. The summed E-state index contributed by atoms with van der Waals surface area (Å²) >= 11 is 0.